The summed E-state index contributed by atoms with van der Waals surface area (Å²) in [5.41, 5.74) is 3.84. The molecule has 21 heavy (non-hydrogen) atoms. The molecule has 2 unspecified atom stereocenters. The van der Waals surface area contributed by atoms with Crippen molar-refractivity contribution in [2.24, 2.45) is 17.8 Å². The van der Waals surface area contributed by atoms with Gasteiger partial charge in [0.05, 0.1) is 0 Å². The summed E-state index contributed by atoms with van der Waals surface area (Å²) in [6.07, 6.45) is 3.41. The summed E-state index contributed by atoms with van der Waals surface area (Å²) in [6.45, 7) is 15.6. The molecule has 1 aromatic rings. The van der Waals surface area contributed by atoms with Crippen LogP contribution in [0.25, 0.3) is 0 Å². The van der Waals surface area contributed by atoms with Gasteiger partial charge in [-0.05, 0) is 43.7 Å². The summed E-state index contributed by atoms with van der Waals surface area (Å²) in [6, 6.07) is 2.26. The standard InChI is InChI=1S/C18H31N3/c1-13(2)8-19-9-17-10-20-16(5)7-18(17)21-11-14(3)6-15(4)12-21/h7,10,13-15,19H,6,8-9,11-12H2,1-5H3. The van der Waals surface area contributed by atoms with Gasteiger partial charge in [0, 0.05) is 42.8 Å². The average molecular weight is 289 g/mol. The molecule has 0 spiro atoms. The molecule has 2 rings (SSSR count). The number of aromatic nitrogens is 1. The number of pyridine rings is 1. The second-order valence-electron chi connectivity index (χ2n) is 7.33. The predicted octanol–water partition coefficient (Wildman–Crippen LogP) is 3.62. The summed E-state index contributed by atoms with van der Waals surface area (Å²) in [7, 11) is 0. The lowest BCUT2D eigenvalue weighted by Gasteiger charge is -2.37. The van der Waals surface area contributed by atoms with Crippen LogP contribution in [0.2, 0.25) is 0 Å². The van der Waals surface area contributed by atoms with Crippen LogP contribution in [0.3, 0.4) is 0 Å². The van der Waals surface area contributed by atoms with Gasteiger partial charge in [-0.3, -0.25) is 4.98 Å². The predicted molar refractivity (Wildman–Crippen MR) is 90.7 cm³/mol. The third-order valence-electron chi connectivity index (χ3n) is 4.18. The molecule has 0 radical (unpaired) electrons. The van der Waals surface area contributed by atoms with Crippen LogP contribution < -0.4 is 10.2 Å². The number of nitrogens with one attached hydrogen (secondary N) is 1. The Morgan fingerprint density at radius 3 is 2.57 bits per heavy atom. The Labute approximate surface area is 130 Å². The lowest BCUT2D eigenvalue weighted by molar-refractivity contribution is 0.356. The Kier molecular flexibility index (Phi) is 5.63. The second kappa shape index (κ2) is 7.26. The van der Waals surface area contributed by atoms with Gasteiger partial charge in [-0.1, -0.05) is 27.7 Å². The van der Waals surface area contributed by atoms with Crippen LogP contribution in [0.5, 0.6) is 0 Å². The Balaban J connectivity index is 2.14. The number of nitrogens with zero attached hydrogens (tertiary/aromatic N) is 2. The van der Waals surface area contributed by atoms with E-state index in [-0.39, 0.29) is 0 Å². The van der Waals surface area contributed by atoms with E-state index >= 15 is 0 Å². The summed E-state index contributed by atoms with van der Waals surface area (Å²) in [5.74, 6) is 2.24. The number of aryl methyl sites for hydroxylation is 1. The minimum Gasteiger partial charge on any atom is -0.371 e. The van der Waals surface area contributed by atoms with Crippen molar-refractivity contribution in [3.05, 3.63) is 23.5 Å². The van der Waals surface area contributed by atoms with Gasteiger partial charge >= 0.3 is 0 Å². The highest BCUT2D eigenvalue weighted by Gasteiger charge is 2.23. The molecule has 0 saturated carbocycles. The first-order valence-electron chi connectivity index (χ1n) is 8.37. The lowest BCUT2D eigenvalue weighted by Crippen LogP contribution is -2.39. The zero-order valence-corrected chi connectivity index (χ0v) is 14.3. The molecule has 1 N–H and O–H groups in total. The zero-order valence-electron chi connectivity index (χ0n) is 14.3. The van der Waals surface area contributed by atoms with Crippen molar-refractivity contribution in [2.45, 2.75) is 47.6 Å². The molecule has 1 fully saturated rings. The third-order valence-corrected chi connectivity index (χ3v) is 4.18. The van der Waals surface area contributed by atoms with Crippen LogP contribution in [-0.2, 0) is 6.54 Å². The first-order valence-corrected chi connectivity index (χ1v) is 8.37. The Morgan fingerprint density at radius 1 is 1.29 bits per heavy atom. The van der Waals surface area contributed by atoms with Crippen LogP contribution in [-0.4, -0.2) is 24.6 Å². The number of piperidine rings is 1. The van der Waals surface area contributed by atoms with Crippen molar-refractivity contribution in [2.75, 3.05) is 24.5 Å². The van der Waals surface area contributed by atoms with Gasteiger partial charge in [0.25, 0.3) is 0 Å². The molecule has 2 atom stereocenters. The fourth-order valence-corrected chi connectivity index (χ4v) is 3.36. The van der Waals surface area contributed by atoms with E-state index in [0.717, 1.165) is 30.6 Å². The van der Waals surface area contributed by atoms with Gasteiger partial charge in [-0.2, -0.15) is 0 Å². The molecule has 1 aliphatic rings. The monoisotopic (exact) mass is 289 g/mol. The Bertz CT molecular complexity index is 446. The molecule has 0 aromatic carbocycles. The van der Waals surface area contributed by atoms with Crippen LogP contribution in [0.4, 0.5) is 5.69 Å². The maximum Gasteiger partial charge on any atom is 0.0445 e. The van der Waals surface area contributed by atoms with E-state index in [4.69, 9.17) is 0 Å². The molecule has 0 amide bonds. The van der Waals surface area contributed by atoms with Crippen molar-refractivity contribution < 1.29 is 0 Å². The molecule has 3 nitrogen and oxygen atoms in total. The molecule has 3 heteroatoms. The summed E-state index contributed by atoms with van der Waals surface area (Å²) < 4.78 is 0. The van der Waals surface area contributed by atoms with E-state index in [0.29, 0.717) is 5.92 Å². The van der Waals surface area contributed by atoms with Crippen molar-refractivity contribution in [3.63, 3.8) is 0 Å². The van der Waals surface area contributed by atoms with Gasteiger partial charge in [0.2, 0.25) is 0 Å². The molecule has 118 valence electrons. The third kappa shape index (κ3) is 4.70. The maximum absolute atomic E-state index is 4.50. The van der Waals surface area contributed by atoms with Crippen LogP contribution in [0.1, 0.15) is 45.4 Å². The Morgan fingerprint density at radius 2 is 1.95 bits per heavy atom. The molecular formula is C18H31N3. The highest BCUT2D eigenvalue weighted by atomic mass is 15.1. The lowest BCUT2D eigenvalue weighted by atomic mass is 9.91. The van der Waals surface area contributed by atoms with Gasteiger partial charge in [0.1, 0.15) is 0 Å². The van der Waals surface area contributed by atoms with Crippen LogP contribution >= 0.6 is 0 Å². The fourth-order valence-electron chi connectivity index (χ4n) is 3.36. The van der Waals surface area contributed by atoms with Gasteiger partial charge < -0.3 is 10.2 Å². The van der Waals surface area contributed by atoms with E-state index < -0.39 is 0 Å². The molecule has 0 bridgehead atoms. The zero-order chi connectivity index (χ0) is 15.4. The van der Waals surface area contributed by atoms with Crippen molar-refractivity contribution in [1.82, 2.24) is 10.3 Å². The minimum absolute atomic E-state index is 0.682. The minimum atomic E-state index is 0.682. The van der Waals surface area contributed by atoms with Gasteiger partial charge in [-0.15, -0.1) is 0 Å². The highest BCUT2D eigenvalue weighted by Crippen LogP contribution is 2.29. The quantitative estimate of drug-likeness (QED) is 0.897. The second-order valence-corrected chi connectivity index (χ2v) is 7.33. The summed E-state index contributed by atoms with van der Waals surface area (Å²) >= 11 is 0. The maximum atomic E-state index is 4.50. The van der Waals surface area contributed by atoms with Crippen molar-refractivity contribution >= 4 is 5.69 Å². The summed E-state index contributed by atoms with van der Waals surface area (Å²) in [4.78, 5) is 7.07. The largest absolute Gasteiger partial charge is 0.371 e. The van der Waals surface area contributed by atoms with E-state index in [1.807, 2.05) is 0 Å². The fraction of sp³-hybridized carbons (Fsp3) is 0.722. The molecular weight excluding hydrogens is 258 g/mol. The molecule has 2 heterocycles. The highest BCUT2D eigenvalue weighted by molar-refractivity contribution is 5.54. The molecule has 0 aliphatic carbocycles. The van der Waals surface area contributed by atoms with Crippen molar-refractivity contribution in [1.29, 1.82) is 0 Å². The first kappa shape index (κ1) is 16.3. The molecule has 1 aliphatic heterocycles. The number of hydrogen-bond acceptors (Lipinski definition) is 3. The van der Waals surface area contributed by atoms with E-state index in [9.17, 15) is 0 Å². The average Bonchev–Trinajstić information content (AvgIpc) is 2.39. The summed E-state index contributed by atoms with van der Waals surface area (Å²) in [5, 5.41) is 3.56. The number of rotatable bonds is 5. The Hall–Kier alpha value is -1.09. The van der Waals surface area contributed by atoms with Crippen molar-refractivity contribution in [3.8, 4) is 0 Å². The van der Waals surface area contributed by atoms with E-state index in [2.05, 4.69) is 62.1 Å². The molecule has 1 saturated heterocycles. The van der Waals surface area contributed by atoms with Crippen LogP contribution in [0.15, 0.2) is 12.3 Å². The number of anilines is 1. The van der Waals surface area contributed by atoms with E-state index in [1.165, 1.54) is 30.8 Å². The van der Waals surface area contributed by atoms with E-state index in [1.54, 1.807) is 0 Å². The topological polar surface area (TPSA) is 28.2 Å². The smallest absolute Gasteiger partial charge is 0.0445 e. The normalized spacial score (nSPS) is 22.9. The molecule has 1 aromatic heterocycles. The SMILES string of the molecule is Cc1cc(N2CC(C)CC(C)C2)c(CNCC(C)C)cn1. The van der Waals surface area contributed by atoms with Gasteiger partial charge in [-0.25, -0.2) is 0 Å². The first-order chi connectivity index (χ1) is 9.95. The number of hydrogen-bond donors (Lipinski definition) is 1. The van der Waals surface area contributed by atoms with Gasteiger partial charge in [0.15, 0.2) is 0 Å². The van der Waals surface area contributed by atoms with Crippen LogP contribution in [0, 0.1) is 24.7 Å².